The van der Waals surface area contributed by atoms with Gasteiger partial charge in [0.15, 0.2) is 5.65 Å². The van der Waals surface area contributed by atoms with E-state index in [0.717, 1.165) is 17.8 Å². The zero-order valence-corrected chi connectivity index (χ0v) is 17.3. The van der Waals surface area contributed by atoms with Gasteiger partial charge in [-0.2, -0.15) is 28.0 Å². The van der Waals surface area contributed by atoms with Crippen LogP contribution in [0, 0.1) is 11.3 Å². The van der Waals surface area contributed by atoms with E-state index in [-0.39, 0.29) is 23.3 Å². The summed E-state index contributed by atoms with van der Waals surface area (Å²) in [5.41, 5.74) is 1.08. The van der Waals surface area contributed by atoms with Crippen LogP contribution in [0.3, 0.4) is 0 Å². The molecule has 2 aromatic heterocycles. The number of para-hydroxylation sites is 1. The monoisotopic (exact) mass is 449 g/mol. The van der Waals surface area contributed by atoms with Crippen molar-refractivity contribution in [2.24, 2.45) is 0 Å². The second-order valence-electron chi connectivity index (χ2n) is 8.09. The molecule has 0 atom stereocenters. The van der Waals surface area contributed by atoms with Crippen molar-refractivity contribution >= 4 is 11.3 Å². The first kappa shape index (κ1) is 20.8. The number of rotatable bonds is 5. The topological polar surface area (TPSA) is 86.0 Å². The maximum Gasteiger partial charge on any atom is 0.416 e. The standard InChI is InChI=1S/C24H18F3N5O/c25-24(26,27)17-8-6-16(7-9-17)23(10-11-23)20-19(12-28)21-30-14-15(22(33)32(21)31-20)13-29-18-4-2-1-3-5-18/h1-9,14,29-30H,10-11,13H2. The summed E-state index contributed by atoms with van der Waals surface area (Å²) in [7, 11) is 0. The van der Waals surface area contributed by atoms with Crippen molar-refractivity contribution in [3.8, 4) is 6.07 Å². The van der Waals surface area contributed by atoms with Gasteiger partial charge >= 0.3 is 6.18 Å². The minimum absolute atomic E-state index is 0.229. The lowest BCUT2D eigenvalue weighted by Crippen LogP contribution is -2.22. The number of hydrogen-bond acceptors (Lipinski definition) is 4. The van der Waals surface area contributed by atoms with Gasteiger partial charge in [0.05, 0.1) is 16.8 Å². The lowest BCUT2D eigenvalue weighted by molar-refractivity contribution is -0.137. The van der Waals surface area contributed by atoms with E-state index in [1.165, 1.54) is 16.6 Å². The van der Waals surface area contributed by atoms with Crippen LogP contribution in [-0.2, 0) is 18.1 Å². The highest BCUT2D eigenvalue weighted by Crippen LogP contribution is 2.54. The fourth-order valence-electron chi connectivity index (χ4n) is 4.14. The van der Waals surface area contributed by atoms with Gasteiger partial charge in [0, 0.05) is 23.8 Å². The third-order valence-corrected chi connectivity index (χ3v) is 6.07. The molecule has 1 aliphatic rings. The molecule has 4 aromatic rings. The number of aromatic nitrogens is 3. The van der Waals surface area contributed by atoms with Gasteiger partial charge < -0.3 is 10.3 Å². The first-order valence-electron chi connectivity index (χ1n) is 10.3. The van der Waals surface area contributed by atoms with Gasteiger partial charge in [-0.25, -0.2) is 0 Å². The van der Waals surface area contributed by atoms with E-state index in [1.54, 1.807) is 6.20 Å². The minimum Gasteiger partial charge on any atom is -0.381 e. The molecule has 2 N–H and O–H groups in total. The number of hydrogen-bond donors (Lipinski definition) is 2. The molecule has 0 saturated heterocycles. The van der Waals surface area contributed by atoms with Crippen molar-refractivity contribution in [2.75, 3.05) is 5.32 Å². The summed E-state index contributed by atoms with van der Waals surface area (Å²) < 4.78 is 40.1. The van der Waals surface area contributed by atoms with Crippen LogP contribution in [0.1, 0.15) is 40.8 Å². The minimum atomic E-state index is -4.42. The molecule has 0 radical (unpaired) electrons. The zero-order chi connectivity index (χ0) is 23.2. The number of alkyl halides is 3. The Labute approximate surface area is 186 Å². The highest BCUT2D eigenvalue weighted by molar-refractivity contribution is 5.62. The van der Waals surface area contributed by atoms with Crippen LogP contribution >= 0.6 is 0 Å². The number of benzene rings is 2. The van der Waals surface area contributed by atoms with Crippen LogP contribution in [0.25, 0.3) is 5.65 Å². The van der Waals surface area contributed by atoms with E-state index in [4.69, 9.17) is 0 Å². The van der Waals surface area contributed by atoms with Crippen molar-refractivity contribution in [1.82, 2.24) is 14.6 Å². The summed E-state index contributed by atoms with van der Waals surface area (Å²) in [6.45, 7) is 0.260. The predicted octanol–water partition coefficient (Wildman–Crippen LogP) is 4.61. The lowest BCUT2D eigenvalue weighted by Gasteiger charge is -2.15. The summed E-state index contributed by atoms with van der Waals surface area (Å²) in [5.74, 6) is 0. The zero-order valence-electron chi connectivity index (χ0n) is 17.3. The Morgan fingerprint density at radius 2 is 1.82 bits per heavy atom. The molecule has 2 heterocycles. The Morgan fingerprint density at radius 3 is 2.42 bits per heavy atom. The number of nitrogens with one attached hydrogen (secondary N) is 2. The fraction of sp³-hybridized carbons (Fsp3) is 0.208. The average Bonchev–Trinajstić information content (AvgIpc) is 3.53. The second-order valence-corrected chi connectivity index (χ2v) is 8.09. The highest BCUT2D eigenvalue weighted by Gasteiger charge is 2.50. The van der Waals surface area contributed by atoms with E-state index in [9.17, 15) is 23.2 Å². The van der Waals surface area contributed by atoms with Crippen molar-refractivity contribution in [3.63, 3.8) is 0 Å². The first-order valence-corrected chi connectivity index (χ1v) is 10.3. The smallest absolute Gasteiger partial charge is 0.381 e. The molecule has 0 spiro atoms. The van der Waals surface area contributed by atoms with E-state index in [1.807, 2.05) is 30.3 Å². The fourth-order valence-corrected chi connectivity index (χ4v) is 4.14. The quantitative estimate of drug-likeness (QED) is 0.466. The van der Waals surface area contributed by atoms with Crippen LogP contribution < -0.4 is 10.9 Å². The van der Waals surface area contributed by atoms with E-state index in [0.29, 0.717) is 29.7 Å². The molecule has 1 saturated carbocycles. The molecule has 1 aliphatic carbocycles. The molecular formula is C24H18F3N5O. The Morgan fingerprint density at radius 1 is 1.12 bits per heavy atom. The SMILES string of the molecule is N#Cc1c(C2(c3ccc(C(F)(F)F)cc3)CC2)nn2c(=O)c(CNc3ccccc3)c[nH]c12. The largest absolute Gasteiger partial charge is 0.416 e. The molecule has 2 aromatic carbocycles. The summed E-state index contributed by atoms with van der Waals surface area (Å²) in [6, 6.07) is 16.5. The van der Waals surface area contributed by atoms with Gasteiger partial charge in [0.1, 0.15) is 11.6 Å². The number of halogens is 3. The summed E-state index contributed by atoms with van der Waals surface area (Å²) in [6.07, 6.45) is -1.61. The van der Waals surface area contributed by atoms with Crippen LogP contribution in [0.5, 0.6) is 0 Å². The summed E-state index contributed by atoms with van der Waals surface area (Å²) in [4.78, 5) is 16.1. The molecule has 166 valence electrons. The number of aromatic amines is 1. The third-order valence-electron chi connectivity index (χ3n) is 6.07. The number of fused-ring (bicyclic) bond motifs is 1. The Balaban J connectivity index is 1.53. The third kappa shape index (κ3) is 3.53. The molecule has 33 heavy (non-hydrogen) atoms. The number of anilines is 1. The van der Waals surface area contributed by atoms with Gasteiger partial charge in [-0.05, 0) is 42.7 Å². The van der Waals surface area contributed by atoms with E-state index < -0.39 is 17.2 Å². The van der Waals surface area contributed by atoms with Crippen molar-refractivity contribution < 1.29 is 13.2 Å². The maximum atomic E-state index is 13.1. The maximum absolute atomic E-state index is 13.1. The first-order chi connectivity index (χ1) is 15.8. The van der Waals surface area contributed by atoms with Crippen LogP contribution in [0.2, 0.25) is 0 Å². The number of nitriles is 1. The van der Waals surface area contributed by atoms with Crippen molar-refractivity contribution in [2.45, 2.75) is 31.0 Å². The van der Waals surface area contributed by atoms with Gasteiger partial charge in [-0.1, -0.05) is 30.3 Å². The van der Waals surface area contributed by atoms with E-state index >= 15 is 0 Å². The normalized spacial score (nSPS) is 14.7. The van der Waals surface area contributed by atoms with Crippen LogP contribution in [-0.4, -0.2) is 14.6 Å². The Bertz CT molecular complexity index is 1430. The molecule has 0 bridgehead atoms. The second kappa shape index (κ2) is 7.52. The molecule has 0 unspecified atom stereocenters. The van der Waals surface area contributed by atoms with Crippen molar-refractivity contribution in [1.29, 1.82) is 5.26 Å². The van der Waals surface area contributed by atoms with E-state index in [2.05, 4.69) is 21.5 Å². The highest BCUT2D eigenvalue weighted by atomic mass is 19.4. The average molecular weight is 449 g/mol. The molecule has 1 fully saturated rings. The molecule has 5 rings (SSSR count). The summed E-state index contributed by atoms with van der Waals surface area (Å²) >= 11 is 0. The lowest BCUT2D eigenvalue weighted by atomic mass is 9.89. The van der Waals surface area contributed by atoms with Crippen LogP contribution in [0.15, 0.2) is 65.6 Å². The Hall–Kier alpha value is -4.06. The van der Waals surface area contributed by atoms with Gasteiger partial charge in [-0.3, -0.25) is 4.79 Å². The molecule has 0 amide bonds. The van der Waals surface area contributed by atoms with Gasteiger partial charge in [0.2, 0.25) is 0 Å². The summed E-state index contributed by atoms with van der Waals surface area (Å²) in [5, 5.41) is 17.5. The molecule has 0 aliphatic heterocycles. The number of H-pyrrole nitrogens is 1. The molecule has 6 nitrogen and oxygen atoms in total. The number of nitrogens with zero attached hydrogens (tertiary/aromatic N) is 3. The van der Waals surface area contributed by atoms with Crippen LogP contribution in [0.4, 0.5) is 18.9 Å². The molecule has 9 heteroatoms. The Kier molecular flexibility index (Phi) is 4.74. The molecular weight excluding hydrogens is 431 g/mol. The van der Waals surface area contributed by atoms with Crippen molar-refractivity contribution in [3.05, 3.63) is 99.1 Å². The van der Waals surface area contributed by atoms with Gasteiger partial charge in [-0.15, -0.1) is 0 Å². The van der Waals surface area contributed by atoms with Gasteiger partial charge in [0.25, 0.3) is 5.56 Å². The predicted molar refractivity (Wildman–Crippen MR) is 116 cm³/mol.